The van der Waals surface area contributed by atoms with Gasteiger partial charge in [-0.3, -0.25) is 4.79 Å². The van der Waals surface area contributed by atoms with E-state index in [0.29, 0.717) is 0 Å². The Bertz CT molecular complexity index is 1070. The normalized spacial score (nSPS) is 14.1. The Balaban J connectivity index is 2.33. The third-order valence-corrected chi connectivity index (χ3v) is 5.98. The van der Waals surface area contributed by atoms with Gasteiger partial charge in [-0.2, -0.15) is 13.2 Å². The van der Waals surface area contributed by atoms with Crippen LogP contribution in [0.2, 0.25) is 5.02 Å². The first-order valence-electron chi connectivity index (χ1n) is 7.66. The molecule has 2 rings (SSSR count). The molecule has 2 aromatic carbocycles. The summed E-state index contributed by atoms with van der Waals surface area (Å²) in [5.41, 5.74) is -4.16. The Morgan fingerprint density at radius 2 is 1.55 bits per heavy atom. The van der Waals surface area contributed by atoms with Crippen LogP contribution in [0.5, 0.6) is 0 Å². The van der Waals surface area contributed by atoms with Crippen LogP contribution in [0.25, 0.3) is 0 Å². The Hall–Kier alpha value is -2.63. The van der Waals surface area contributed by atoms with Crippen molar-refractivity contribution in [1.82, 2.24) is 0 Å². The molecule has 0 aliphatic rings. The van der Waals surface area contributed by atoms with Crippen molar-refractivity contribution in [2.75, 3.05) is 5.32 Å². The molecule has 1 unspecified atom stereocenters. The first-order chi connectivity index (χ1) is 13.2. The highest BCUT2D eigenvalue weighted by Crippen LogP contribution is 2.33. The summed E-state index contributed by atoms with van der Waals surface area (Å²) in [6.45, 7) is 0.260. The van der Waals surface area contributed by atoms with Crippen LogP contribution in [0.4, 0.5) is 18.9 Å². The van der Waals surface area contributed by atoms with E-state index in [9.17, 15) is 36.3 Å². The van der Waals surface area contributed by atoms with Crippen molar-refractivity contribution in [2.24, 2.45) is 0 Å². The fourth-order valence-electron chi connectivity index (χ4n) is 2.05. The molecule has 0 aliphatic carbocycles. The number of rotatable bonds is 5. The number of alkyl halides is 3. The zero-order valence-electron chi connectivity index (χ0n) is 14.5. The molecule has 0 spiro atoms. The molecule has 0 aromatic heterocycles. The van der Waals surface area contributed by atoms with Crippen LogP contribution < -0.4 is 5.32 Å². The fraction of sp³-hybridized carbons (Fsp3) is 0.176. The van der Waals surface area contributed by atoms with E-state index in [1.807, 2.05) is 0 Å². The summed E-state index contributed by atoms with van der Waals surface area (Å²) in [6.07, 6.45) is -5.24. The average molecular weight is 452 g/mol. The molecular weight excluding hydrogens is 439 g/mol. The van der Waals surface area contributed by atoms with Crippen LogP contribution in [-0.4, -0.2) is 42.3 Å². The largest absolute Gasteiger partial charge is 0.478 e. The van der Waals surface area contributed by atoms with Gasteiger partial charge in [-0.15, -0.1) is 0 Å². The number of carboxylic acid groups (broad SMARTS) is 1. The number of halogens is 4. The molecule has 2 aromatic rings. The van der Waals surface area contributed by atoms with Crippen LogP contribution in [-0.2, 0) is 14.6 Å². The van der Waals surface area contributed by atoms with Gasteiger partial charge in [0, 0.05) is 0 Å². The molecule has 0 radical (unpaired) electrons. The van der Waals surface area contributed by atoms with Gasteiger partial charge in [0.05, 0.1) is 26.1 Å². The summed E-state index contributed by atoms with van der Waals surface area (Å²) in [5.74, 6) is -3.04. The number of hydrogen-bond acceptors (Lipinski definition) is 5. The molecule has 0 bridgehead atoms. The third kappa shape index (κ3) is 4.52. The Morgan fingerprint density at radius 1 is 1.03 bits per heavy atom. The Labute approximate surface area is 167 Å². The van der Waals surface area contributed by atoms with Crippen LogP contribution in [0.3, 0.4) is 0 Å². The zero-order valence-corrected chi connectivity index (χ0v) is 16.1. The van der Waals surface area contributed by atoms with Gasteiger partial charge in [-0.1, -0.05) is 11.6 Å². The maximum absolute atomic E-state index is 12.7. The average Bonchev–Trinajstić information content (AvgIpc) is 2.62. The van der Waals surface area contributed by atoms with Crippen LogP contribution in [0.15, 0.2) is 52.3 Å². The number of carbonyl (C=O) groups excluding carboxylic acids is 1. The molecule has 29 heavy (non-hydrogen) atoms. The molecule has 3 N–H and O–H groups in total. The summed E-state index contributed by atoms with van der Waals surface area (Å²) in [6, 6.07) is 7.18. The fourth-order valence-corrected chi connectivity index (χ4v) is 3.63. The standard InChI is InChI=1S/C17H13ClF3NO6S/c1-16(26,17(19,20)21)15(25)22-13-7-6-11(8-12(13)18)29(27,28)10-4-2-9(3-5-10)14(23)24/h2-8,26H,1H3,(H,22,25)(H,23,24). The molecule has 0 fully saturated rings. The predicted molar refractivity (Wildman–Crippen MR) is 95.6 cm³/mol. The second-order valence-electron chi connectivity index (χ2n) is 6.00. The lowest BCUT2D eigenvalue weighted by Gasteiger charge is -2.25. The van der Waals surface area contributed by atoms with Crippen molar-refractivity contribution in [3.8, 4) is 0 Å². The topological polar surface area (TPSA) is 121 Å². The first kappa shape index (κ1) is 22.7. The number of amides is 1. The number of benzene rings is 2. The smallest absolute Gasteiger partial charge is 0.426 e. The van der Waals surface area contributed by atoms with E-state index in [0.717, 1.165) is 42.5 Å². The second-order valence-corrected chi connectivity index (χ2v) is 8.36. The van der Waals surface area contributed by atoms with Crippen LogP contribution in [0, 0.1) is 0 Å². The summed E-state index contributed by atoms with van der Waals surface area (Å²) in [5, 5.41) is 19.6. The van der Waals surface area contributed by atoms with Crippen molar-refractivity contribution in [1.29, 1.82) is 0 Å². The quantitative estimate of drug-likeness (QED) is 0.642. The first-order valence-corrected chi connectivity index (χ1v) is 9.52. The maximum Gasteiger partial charge on any atom is 0.426 e. The SMILES string of the molecule is CC(O)(C(=O)Nc1ccc(S(=O)(=O)c2ccc(C(=O)O)cc2)cc1Cl)C(F)(F)F. The lowest BCUT2D eigenvalue weighted by molar-refractivity contribution is -0.242. The van der Waals surface area contributed by atoms with Gasteiger partial charge in [-0.05, 0) is 49.4 Å². The van der Waals surface area contributed by atoms with Gasteiger partial charge in [0.15, 0.2) is 0 Å². The van der Waals surface area contributed by atoms with Crippen molar-refractivity contribution in [2.45, 2.75) is 28.5 Å². The molecule has 1 amide bonds. The molecule has 0 heterocycles. The highest BCUT2D eigenvalue weighted by atomic mass is 35.5. The van der Waals surface area contributed by atoms with E-state index in [1.54, 1.807) is 5.32 Å². The predicted octanol–water partition coefficient (Wildman–Crippen LogP) is 3.12. The zero-order chi connectivity index (χ0) is 22.2. The lowest BCUT2D eigenvalue weighted by Crippen LogP contribution is -2.52. The van der Waals surface area contributed by atoms with Gasteiger partial charge in [0.2, 0.25) is 15.4 Å². The van der Waals surface area contributed by atoms with Gasteiger partial charge < -0.3 is 15.5 Å². The second kappa shape index (κ2) is 7.65. The number of sulfone groups is 1. The van der Waals surface area contributed by atoms with Crippen LogP contribution in [0.1, 0.15) is 17.3 Å². The van der Waals surface area contributed by atoms with E-state index in [-0.39, 0.29) is 33.0 Å². The number of aromatic carboxylic acids is 1. The van der Waals surface area contributed by atoms with Crippen molar-refractivity contribution in [3.63, 3.8) is 0 Å². The summed E-state index contributed by atoms with van der Waals surface area (Å²) >= 11 is 5.88. The highest BCUT2D eigenvalue weighted by Gasteiger charge is 2.55. The molecule has 7 nitrogen and oxygen atoms in total. The summed E-state index contributed by atoms with van der Waals surface area (Å²) < 4.78 is 63.4. The van der Waals surface area contributed by atoms with Crippen molar-refractivity contribution in [3.05, 3.63) is 53.1 Å². The molecule has 0 aliphatic heterocycles. The number of hydrogen-bond donors (Lipinski definition) is 3. The van der Waals surface area contributed by atoms with E-state index >= 15 is 0 Å². The van der Waals surface area contributed by atoms with E-state index in [4.69, 9.17) is 16.7 Å². The molecule has 156 valence electrons. The van der Waals surface area contributed by atoms with Crippen molar-refractivity contribution < 1.29 is 41.4 Å². The molecule has 1 atom stereocenters. The molecule has 12 heteroatoms. The minimum atomic E-state index is -5.24. The Kier molecular flexibility index (Phi) is 5.98. The van der Waals surface area contributed by atoms with E-state index in [1.165, 1.54) is 0 Å². The minimum absolute atomic E-state index is 0.128. The monoisotopic (exact) mass is 451 g/mol. The summed E-state index contributed by atoms with van der Waals surface area (Å²) in [4.78, 5) is 22.0. The highest BCUT2D eigenvalue weighted by molar-refractivity contribution is 7.91. The van der Waals surface area contributed by atoms with Crippen LogP contribution >= 0.6 is 11.6 Å². The lowest BCUT2D eigenvalue weighted by atomic mass is 10.1. The number of carbonyl (C=O) groups is 2. The Morgan fingerprint density at radius 3 is 2.00 bits per heavy atom. The maximum atomic E-state index is 12.7. The van der Waals surface area contributed by atoms with Gasteiger partial charge >= 0.3 is 12.1 Å². The number of anilines is 1. The van der Waals surface area contributed by atoms with Gasteiger partial charge in [0.25, 0.3) is 5.91 Å². The number of nitrogens with one attached hydrogen (secondary N) is 1. The van der Waals surface area contributed by atoms with E-state index in [2.05, 4.69) is 0 Å². The summed E-state index contributed by atoms with van der Waals surface area (Å²) in [7, 11) is -4.12. The molecular formula is C17H13ClF3NO6S. The number of carboxylic acids is 1. The minimum Gasteiger partial charge on any atom is -0.478 e. The number of aliphatic hydroxyl groups is 1. The third-order valence-electron chi connectivity index (χ3n) is 3.90. The van der Waals surface area contributed by atoms with Gasteiger partial charge in [0.1, 0.15) is 0 Å². The van der Waals surface area contributed by atoms with E-state index < -0.39 is 33.5 Å². The van der Waals surface area contributed by atoms with Crippen molar-refractivity contribution >= 4 is 39.0 Å². The molecule has 0 saturated carbocycles. The van der Waals surface area contributed by atoms with Gasteiger partial charge in [-0.25, -0.2) is 13.2 Å². The molecule has 0 saturated heterocycles.